The van der Waals surface area contributed by atoms with Crippen LogP contribution in [0.2, 0.25) is 0 Å². The van der Waals surface area contributed by atoms with Crippen LogP contribution in [0.5, 0.6) is 0 Å². The molecule has 0 atom stereocenters. The molecule has 1 aliphatic rings. The maximum absolute atomic E-state index is 11.2. The van der Waals surface area contributed by atoms with E-state index in [9.17, 15) is 8.42 Å². The Hall–Kier alpha value is -2.23. The zero-order valence-electron chi connectivity index (χ0n) is 13.1. The predicted molar refractivity (Wildman–Crippen MR) is 90.2 cm³/mol. The Bertz CT molecular complexity index is 789. The van der Waals surface area contributed by atoms with Crippen molar-refractivity contribution in [2.45, 2.75) is 11.4 Å². The average Bonchev–Trinajstić information content (AvgIpc) is 2.61. The molecule has 0 spiro atoms. The van der Waals surface area contributed by atoms with Gasteiger partial charge in [-0.15, -0.1) is 0 Å². The van der Waals surface area contributed by atoms with Crippen LogP contribution in [0.4, 0.5) is 11.6 Å². The highest BCUT2D eigenvalue weighted by Gasteiger charge is 2.13. The van der Waals surface area contributed by atoms with Gasteiger partial charge in [0.2, 0.25) is 10.0 Å². The number of aromatic nitrogens is 2. The van der Waals surface area contributed by atoms with Gasteiger partial charge in [-0.2, -0.15) is 0 Å². The second-order valence-corrected chi connectivity index (χ2v) is 6.96. The minimum Gasteiger partial charge on any atom is -0.378 e. The highest BCUT2D eigenvalue weighted by Crippen LogP contribution is 2.16. The van der Waals surface area contributed by atoms with Crippen LogP contribution < -0.4 is 15.4 Å². The van der Waals surface area contributed by atoms with Crippen molar-refractivity contribution in [2.75, 3.05) is 36.5 Å². The van der Waals surface area contributed by atoms with E-state index < -0.39 is 10.0 Å². The van der Waals surface area contributed by atoms with Crippen LogP contribution in [0.3, 0.4) is 0 Å². The van der Waals surface area contributed by atoms with Gasteiger partial charge in [0.25, 0.3) is 0 Å². The summed E-state index contributed by atoms with van der Waals surface area (Å²) in [7, 11) is -3.66. The molecule has 2 heterocycles. The van der Waals surface area contributed by atoms with E-state index in [-0.39, 0.29) is 4.90 Å². The largest absolute Gasteiger partial charge is 0.378 e. The fourth-order valence-electron chi connectivity index (χ4n) is 2.40. The van der Waals surface area contributed by atoms with Gasteiger partial charge in [0.1, 0.15) is 18.0 Å². The SMILES string of the molecule is NS(=O)(=O)c1ccc(CNc2cc(N3CCOCC3)ncn2)cc1. The number of rotatable bonds is 5. The Balaban J connectivity index is 1.64. The van der Waals surface area contributed by atoms with Crippen LogP contribution >= 0.6 is 0 Å². The lowest BCUT2D eigenvalue weighted by atomic mass is 10.2. The van der Waals surface area contributed by atoms with Gasteiger partial charge in [-0.25, -0.2) is 23.5 Å². The molecule has 0 bridgehead atoms. The molecule has 1 aromatic heterocycles. The minimum absolute atomic E-state index is 0.0999. The van der Waals surface area contributed by atoms with Gasteiger partial charge in [0.05, 0.1) is 18.1 Å². The number of primary sulfonamides is 1. The van der Waals surface area contributed by atoms with Crippen molar-refractivity contribution in [2.24, 2.45) is 5.14 Å². The molecule has 1 saturated heterocycles. The quantitative estimate of drug-likeness (QED) is 0.812. The number of sulfonamides is 1. The molecule has 3 rings (SSSR count). The zero-order valence-corrected chi connectivity index (χ0v) is 13.9. The van der Waals surface area contributed by atoms with Crippen LogP contribution in [0.25, 0.3) is 0 Å². The van der Waals surface area contributed by atoms with Crippen molar-refractivity contribution in [3.05, 3.63) is 42.2 Å². The van der Waals surface area contributed by atoms with Crippen LogP contribution in [0, 0.1) is 0 Å². The summed E-state index contributed by atoms with van der Waals surface area (Å²) in [5, 5.41) is 8.29. The van der Waals surface area contributed by atoms with Crippen molar-refractivity contribution >= 4 is 21.7 Å². The molecule has 3 N–H and O–H groups in total. The molecule has 0 amide bonds. The van der Waals surface area contributed by atoms with Crippen LogP contribution in [-0.4, -0.2) is 44.7 Å². The number of hydrogen-bond acceptors (Lipinski definition) is 7. The monoisotopic (exact) mass is 349 g/mol. The second-order valence-electron chi connectivity index (χ2n) is 5.40. The number of nitrogens with zero attached hydrogens (tertiary/aromatic N) is 3. The Labute approximate surface area is 140 Å². The maximum atomic E-state index is 11.2. The Morgan fingerprint density at radius 2 is 1.88 bits per heavy atom. The topological polar surface area (TPSA) is 110 Å². The summed E-state index contributed by atoms with van der Waals surface area (Å²) in [5.74, 6) is 1.57. The highest BCUT2D eigenvalue weighted by atomic mass is 32.2. The number of nitrogens with one attached hydrogen (secondary N) is 1. The van der Waals surface area contributed by atoms with Gasteiger partial charge < -0.3 is 15.0 Å². The van der Waals surface area contributed by atoms with Crippen LogP contribution in [0.1, 0.15) is 5.56 Å². The van der Waals surface area contributed by atoms with Crippen molar-refractivity contribution < 1.29 is 13.2 Å². The molecule has 128 valence electrons. The summed E-state index contributed by atoms with van der Waals surface area (Å²) in [6, 6.07) is 8.31. The van der Waals surface area contributed by atoms with E-state index in [4.69, 9.17) is 9.88 Å². The lowest BCUT2D eigenvalue weighted by molar-refractivity contribution is 0.122. The van der Waals surface area contributed by atoms with E-state index in [1.54, 1.807) is 12.1 Å². The van der Waals surface area contributed by atoms with E-state index >= 15 is 0 Å². The molecule has 1 aliphatic heterocycles. The maximum Gasteiger partial charge on any atom is 0.238 e. The van der Waals surface area contributed by atoms with E-state index in [2.05, 4.69) is 20.2 Å². The number of benzene rings is 1. The van der Waals surface area contributed by atoms with Crippen molar-refractivity contribution in [1.29, 1.82) is 0 Å². The first-order valence-electron chi connectivity index (χ1n) is 7.53. The van der Waals surface area contributed by atoms with Gasteiger partial charge in [0, 0.05) is 25.7 Å². The van der Waals surface area contributed by atoms with Crippen molar-refractivity contribution in [3.63, 3.8) is 0 Å². The molecule has 8 nitrogen and oxygen atoms in total. The lowest BCUT2D eigenvalue weighted by Gasteiger charge is -2.27. The standard InChI is InChI=1S/C15H19N5O3S/c16-24(21,22)13-3-1-12(2-4-13)10-17-14-9-15(19-11-18-14)20-5-7-23-8-6-20/h1-4,9,11H,5-8,10H2,(H2,16,21,22)(H,17,18,19). The van der Waals surface area contributed by atoms with Crippen molar-refractivity contribution in [3.8, 4) is 0 Å². The summed E-state index contributed by atoms with van der Waals surface area (Å²) >= 11 is 0. The van der Waals surface area contributed by atoms with E-state index in [0.717, 1.165) is 24.5 Å². The molecule has 1 aromatic carbocycles. The normalized spacial score (nSPS) is 15.3. The molecule has 0 unspecified atom stereocenters. The highest BCUT2D eigenvalue weighted by molar-refractivity contribution is 7.89. The molecular weight excluding hydrogens is 330 g/mol. The summed E-state index contributed by atoms with van der Waals surface area (Å²) in [4.78, 5) is 10.8. The predicted octanol–water partition coefficient (Wildman–Crippen LogP) is 0.573. The summed E-state index contributed by atoms with van der Waals surface area (Å²) in [5.41, 5.74) is 0.925. The molecule has 1 fully saturated rings. The number of anilines is 2. The summed E-state index contributed by atoms with van der Waals surface area (Å²) in [6.45, 7) is 3.54. The van der Waals surface area contributed by atoms with Gasteiger partial charge in [-0.1, -0.05) is 12.1 Å². The first kappa shape index (κ1) is 16.6. The first-order chi connectivity index (χ1) is 11.5. The third-order valence-electron chi connectivity index (χ3n) is 3.71. The average molecular weight is 349 g/mol. The van der Waals surface area contributed by atoms with Gasteiger partial charge in [0.15, 0.2) is 0 Å². The number of ether oxygens (including phenoxy) is 1. The molecule has 0 aliphatic carbocycles. The Kier molecular flexibility index (Phi) is 4.93. The lowest BCUT2D eigenvalue weighted by Crippen LogP contribution is -2.36. The van der Waals surface area contributed by atoms with E-state index in [0.29, 0.717) is 25.6 Å². The second kappa shape index (κ2) is 7.12. The first-order valence-corrected chi connectivity index (χ1v) is 9.07. The number of nitrogens with two attached hydrogens (primary N) is 1. The number of hydrogen-bond donors (Lipinski definition) is 2. The van der Waals surface area contributed by atoms with E-state index in [1.165, 1.54) is 18.5 Å². The van der Waals surface area contributed by atoms with Gasteiger partial charge in [-0.3, -0.25) is 0 Å². The van der Waals surface area contributed by atoms with Gasteiger partial charge in [-0.05, 0) is 17.7 Å². The van der Waals surface area contributed by atoms with Crippen LogP contribution in [-0.2, 0) is 21.3 Å². The van der Waals surface area contributed by atoms with E-state index in [1.807, 2.05) is 6.07 Å². The Morgan fingerprint density at radius 1 is 1.17 bits per heavy atom. The summed E-state index contributed by atoms with van der Waals surface area (Å²) < 4.78 is 27.8. The minimum atomic E-state index is -3.66. The molecule has 0 radical (unpaired) electrons. The van der Waals surface area contributed by atoms with Gasteiger partial charge >= 0.3 is 0 Å². The Morgan fingerprint density at radius 3 is 2.54 bits per heavy atom. The third-order valence-corrected chi connectivity index (χ3v) is 4.64. The number of morpholine rings is 1. The molecular formula is C15H19N5O3S. The fourth-order valence-corrected chi connectivity index (χ4v) is 2.91. The van der Waals surface area contributed by atoms with Crippen LogP contribution in [0.15, 0.2) is 41.6 Å². The molecule has 2 aromatic rings. The third kappa shape index (κ3) is 4.19. The molecule has 0 saturated carbocycles. The molecule has 9 heteroatoms. The zero-order chi connectivity index (χ0) is 17.0. The molecule has 24 heavy (non-hydrogen) atoms. The fraction of sp³-hybridized carbons (Fsp3) is 0.333. The smallest absolute Gasteiger partial charge is 0.238 e. The summed E-state index contributed by atoms with van der Waals surface area (Å²) in [6.07, 6.45) is 1.53. The van der Waals surface area contributed by atoms with Crippen molar-refractivity contribution in [1.82, 2.24) is 9.97 Å².